The molecule has 0 aliphatic heterocycles. The summed E-state index contributed by atoms with van der Waals surface area (Å²) in [4.78, 5) is 17.0. The van der Waals surface area contributed by atoms with Crippen LogP contribution in [0.4, 0.5) is 0 Å². The van der Waals surface area contributed by atoms with Gasteiger partial charge in [0.25, 0.3) is 0 Å². The van der Waals surface area contributed by atoms with Crippen molar-refractivity contribution in [2.75, 3.05) is 0 Å². The van der Waals surface area contributed by atoms with Gasteiger partial charge < -0.3 is 9.15 Å². The summed E-state index contributed by atoms with van der Waals surface area (Å²) >= 11 is 0. The maximum atomic E-state index is 12.9. The Morgan fingerprint density at radius 1 is 1.28 bits per heavy atom. The molecule has 3 aromatic rings. The fourth-order valence-corrected chi connectivity index (χ4v) is 2.80. The van der Waals surface area contributed by atoms with E-state index in [2.05, 4.69) is 18.8 Å². The van der Waals surface area contributed by atoms with Crippen molar-refractivity contribution >= 4 is 11.0 Å². The van der Waals surface area contributed by atoms with Crippen LogP contribution < -0.4 is 10.2 Å². The van der Waals surface area contributed by atoms with Crippen molar-refractivity contribution in [3.63, 3.8) is 0 Å². The van der Waals surface area contributed by atoms with E-state index in [9.17, 15) is 4.79 Å². The Balaban J connectivity index is 2.15. The topological polar surface area (TPSA) is 52.3 Å². The second kappa shape index (κ2) is 7.51. The first-order chi connectivity index (χ1) is 12.1. The molecule has 4 heteroatoms. The van der Waals surface area contributed by atoms with Gasteiger partial charge in [-0.05, 0) is 37.5 Å². The minimum atomic E-state index is -0.0401. The Labute approximate surface area is 147 Å². The average Bonchev–Trinajstić information content (AvgIpc) is 2.64. The van der Waals surface area contributed by atoms with E-state index < -0.39 is 0 Å². The van der Waals surface area contributed by atoms with Crippen molar-refractivity contribution in [2.45, 2.75) is 46.1 Å². The molecule has 3 rings (SSSR count). The van der Waals surface area contributed by atoms with Crippen molar-refractivity contribution in [3.8, 4) is 16.9 Å². The quantitative estimate of drug-likeness (QED) is 0.636. The number of fused-ring (bicyclic) bond motifs is 1. The summed E-state index contributed by atoms with van der Waals surface area (Å²) in [5.74, 6) is 0.806. The first-order valence-electron chi connectivity index (χ1n) is 8.79. The van der Waals surface area contributed by atoms with Gasteiger partial charge in [0.15, 0.2) is 0 Å². The molecule has 0 unspecified atom stereocenters. The van der Waals surface area contributed by atoms with Gasteiger partial charge in [-0.2, -0.15) is 0 Å². The summed E-state index contributed by atoms with van der Waals surface area (Å²) in [5, 5.41) is 0.585. The highest BCUT2D eigenvalue weighted by Gasteiger charge is 2.14. The smallest absolute Gasteiger partial charge is 0.200 e. The SMILES string of the molecule is CCCc1cc2c(=O)c(-c3cccnc3)coc2cc1O[C@H](C)CC. The number of aryl methyl sites for hydroxylation is 1. The van der Waals surface area contributed by atoms with E-state index in [0.29, 0.717) is 16.5 Å². The highest BCUT2D eigenvalue weighted by Crippen LogP contribution is 2.28. The number of aromatic nitrogens is 1. The molecular weight excluding hydrogens is 314 g/mol. The molecule has 0 amide bonds. The normalized spacial score (nSPS) is 12.3. The largest absolute Gasteiger partial charge is 0.490 e. The average molecular weight is 337 g/mol. The van der Waals surface area contributed by atoms with E-state index in [1.54, 1.807) is 12.4 Å². The lowest BCUT2D eigenvalue weighted by Crippen LogP contribution is -2.12. The fourth-order valence-electron chi connectivity index (χ4n) is 2.80. The van der Waals surface area contributed by atoms with E-state index in [-0.39, 0.29) is 11.5 Å². The number of nitrogens with zero attached hydrogens (tertiary/aromatic N) is 1. The zero-order valence-electron chi connectivity index (χ0n) is 14.9. The summed E-state index contributed by atoms with van der Waals surface area (Å²) in [6, 6.07) is 7.44. The lowest BCUT2D eigenvalue weighted by atomic mass is 10.0. The first kappa shape index (κ1) is 17.2. The minimum absolute atomic E-state index is 0.0401. The van der Waals surface area contributed by atoms with Crippen LogP contribution in [0.3, 0.4) is 0 Å². The van der Waals surface area contributed by atoms with Crippen molar-refractivity contribution in [1.82, 2.24) is 4.98 Å². The summed E-state index contributed by atoms with van der Waals surface area (Å²) in [6.45, 7) is 6.25. The Hall–Kier alpha value is -2.62. The van der Waals surface area contributed by atoms with Crippen molar-refractivity contribution in [2.24, 2.45) is 0 Å². The Bertz CT molecular complexity index is 916. The molecule has 0 saturated heterocycles. The van der Waals surface area contributed by atoms with Crippen LogP contribution in [0, 0.1) is 0 Å². The van der Waals surface area contributed by atoms with Gasteiger partial charge in [0.1, 0.15) is 17.6 Å². The zero-order chi connectivity index (χ0) is 17.8. The predicted octanol–water partition coefficient (Wildman–Crippen LogP) is 4.98. The van der Waals surface area contributed by atoms with Gasteiger partial charge in [-0.25, -0.2) is 0 Å². The molecule has 0 spiro atoms. The molecule has 0 bridgehead atoms. The molecule has 1 aromatic carbocycles. The summed E-state index contributed by atoms with van der Waals surface area (Å²) in [5.41, 5.74) is 2.84. The number of hydrogen-bond acceptors (Lipinski definition) is 4. The Kier molecular flexibility index (Phi) is 5.17. The molecule has 130 valence electrons. The molecule has 2 aromatic heterocycles. The van der Waals surface area contributed by atoms with E-state index >= 15 is 0 Å². The second-order valence-electron chi connectivity index (χ2n) is 6.26. The lowest BCUT2D eigenvalue weighted by molar-refractivity contribution is 0.215. The Morgan fingerprint density at radius 2 is 2.12 bits per heavy atom. The molecule has 0 aliphatic carbocycles. The molecule has 2 heterocycles. The molecule has 0 fully saturated rings. The third-order valence-corrected chi connectivity index (χ3v) is 4.35. The third kappa shape index (κ3) is 3.58. The maximum Gasteiger partial charge on any atom is 0.200 e. The minimum Gasteiger partial charge on any atom is -0.490 e. The summed E-state index contributed by atoms with van der Waals surface area (Å²) < 4.78 is 11.8. The van der Waals surface area contributed by atoms with Gasteiger partial charge >= 0.3 is 0 Å². The third-order valence-electron chi connectivity index (χ3n) is 4.35. The molecule has 25 heavy (non-hydrogen) atoms. The van der Waals surface area contributed by atoms with Gasteiger partial charge in [-0.3, -0.25) is 9.78 Å². The number of benzene rings is 1. The van der Waals surface area contributed by atoms with Gasteiger partial charge in [-0.1, -0.05) is 26.3 Å². The molecule has 1 atom stereocenters. The van der Waals surface area contributed by atoms with Crippen molar-refractivity contribution in [1.29, 1.82) is 0 Å². The van der Waals surface area contributed by atoms with Crippen LogP contribution in [0.25, 0.3) is 22.1 Å². The molecule has 0 saturated carbocycles. The summed E-state index contributed by atoms with van der Waals surface area (Å²) in [6.07, 6.45) is 7.75. The van der Waals surface area contributed by atoms with Gasteiger partial charge in [0.2, 0.25) is 5.43 Å². The summed E-state index contributed by atoms with van der Waals surface area (Å²) in [7, 11) is 0. The number of rotatable bonds is 6. The lowest BCUT2D eigenvalue weighted by Gasteiger charge is -2.16. The van der Waals surface area contributed by atoms with Gasteiger partial charge in [0.05, 0.1) is 17.1 Å². The second-order valence-corrected chi connectivity index (χ2v) is 6.26. The van der Waals surface area contributed by atoms with Crippen molar-refractivity contribution in [3.05, 3.63) is 58.7 Å². The first-order valence-corrected chi connectivity index (χ1v) is 8.79. The maximum absolute atomic E-state index is 12.9. The number of pyridine rings is 1. The molecule has 4 nitrogen and oxygen atoms in total. The van der Waals surface area contributed by atoms with Crippen LogP contribution in [0.15, 0.2) is 52.1 Å². The molecular formula is C21H23NO3. The zero-order valence-corrected chi connectivity index (χ0v) is 14.9. The van der Waals surface area contributed by atoms with E-state index in [0.717, 1.165) is 36.1 Å². The monoisotopic (exact) mass is 337 g/mol. The van der Waals surface area contributed by atoms with Crippen LogP contribution >= 0.6 is 0 Å². The van der Waals surface area contributed by atoms with Crippen LogP contribution in [-0.2, 0) is 6.42 Å². The van der Waals surface area contributed by atoms with E-state index in [1.807, 2.05) is 31.2 Å². The highest BCUT2D eigenvalue weighted by atomic mass is 16.5. The number of ether oxygens (including phenoxy) is 1. The molecule has 0 aliphatic rings. The van der Waals surface area contributed by atoms with E-state index in [1.165, 1.54) is 6.26 Å². The highest BCUT2D eigenvalue weighted by molar-refractivity contribution is 5.83. The predicted molar refractivity (Wildman–Crippen MR) is 100 cm³/mol. The number of hydrogen-bond donors (Lipinski definition) is 0. The van der Waals surface area contributed by atoms with Gasteiger partial charge in [-0.15, -0.1) is 0 Å². The van der Waals surface area contributed by atoms with Crippen LogP contribution in [0.5, 0.6) is 5.75 Å². The van der Waals surface area contributed by atoms with Crippen LogP contribution in [0.2, 0.25) is 0 Å². The molecule has 0 N–H and O–H groups in total. The standard InChI is InChI=1S/C21H23NO3/c1-4-7-15-10-17-20(11-19(15)25-14(3)5-2)24-13-18(21(17)23)16-8-6-9-22-12-16/h6,8-14H,4-5,7H2,1-3H3/t14-/m1/s1. The van der Waals surface area contributed by atoms with Crippen LogP contribution in [0.1, 0.15) is 39.2 Å². The molecule has 0 radical (unpaired) electrons. The van der Waals surface area contributed by atoms with Gasteiger partial charge in [0, 0.05) is 24.0 Å². The Morgan fingerprint density at radius 3 is 2.80 bits per heavy atom. The fraction of sp³-hybridized carbons (Fsp3) is 0.333. The van der Waals surface area contributed by atoms with E-state index in [4.69, 9.17) is 9.15 Å². The van der Waals surface area contributed by atoms with Crippen molar-refractivity contribution < 1.29 is 9.15 Å². The van der Waals surface area contributed by atoms with Crippen LogP contribution in [-0.4, -0.2) is 11.1 Å².